The molecule has 84 valence electrons. The van der Waals surface area contributed by atoms with E-state index in [1.807, 2.05) is 12.1 Å². The van der Waals surface area contributed by atoms with Gasteiger partial charge in [0.15, 0.2) is 0 Å². The van der Waals surface area contributed by atoms with Crippen molar-refractivity contribution in [3.63, 3.8) is 0 Å². The summed E-state index contributed by atoms with van der Waals surface area (Å²) < 4.78 is 0. The molecule has 4 atom stereocenters. The number of benzene rings is 1. The van der Waals surface area contributed by atoms with E-state index >= 15 is 0 Å². The Bertz CT molecular complexity index is 397. The second-order valence-electron chi connectivity index (χ2n) is 5.18. The fraction of sp³-hybridized carbons (Fsp3) is 0.467. The fourth-order valence-electron chi connectivity index (χ4n) is 3.70. The molecule has 0 aliphatic heterocycles. The summed E-state index contributed by atoms with van der Waals surface area (Å²) in [6, 6.07) is 10.5. The zero-order valence-electron chi connectivity index (χ0n) is 9.47. The fourth-order valence-corrected chi connectivity index (χ4v) is 3.70. The van der Waals surface area contributed by atoms with Crippen molar-refractivity contribution in [3.05, 3.63) is 48.6 Å². The van der Waals surface area contributed by atoms with Gasteiger partial charge in [0, 0.05) is 5.92 Å². The topological polar surface area (TPSA) is 20.2 Å². The number of rotatable bonds is 3. The molecule has 0 heterocycles. The van der Waals surface area contributed by atoms with Crippen molar-refractivity contribution in [2.24, 2.45) is 11.8 Å². The van der Waals surface area contributed by atoms with Crippen LogP contribution in [0.15, 0.2) is 43.0 Å². The minimum atomic E-state index is -0.421. The van der Waals surface area contributed by atoms with Crippen LogP contribution in [0.3, 0.4) is 0 Å². The highest BCUT2D eigenvalue weighted by atomic mass is 16.3. The van der Waals surface area contributed by atoms with E-state index in [0.29, 0.717) is 17.8 Å². The van der Waals surface area contributed by atoms with Crippen molar-refractivity contribution in [1.29, 1.82) is 0 Å². The van der Waals surface area contributed by atoms with Crippen molar-refractivity contribution < 1.29 is 5.11 Å². The van der Waals surface area contributed by atoms with Gasteiger partial charge < -0.3 is 5.11 Å². The second-order valence-corrected chi connectivity index (χ2v) is 5.18. The first-order valence-electron chi connectivity index (χ1n) is 6.16. The van der Waals surface area contributed by atoms with Crippen molar-refractivity contribution in [2.75, 3.05) is 0 Å². The van der Waals surface area contributed by atoms with Gasteiger partial charge in [0.25, 0.3) is 0 Å². The predicted molar refractivity (Wildman–Crippen MR) is 65.2 cm³/mol. The SMILES string of the molecule is C=CC[C@@H]1CC[C@H]2C(c3ccccc3)[C@@]12O. The maximum absolute atomic E-state index is 10.7. The van der Waals surface area contributed by atoms with Gasteiger partial charge >= 0.3 is 0 Å². The molecule has 0 saturated heterocycles. The lowest BCUT2D eigenvalue weighted by molar-refractivity contribution is 0.0839. The van der Waals surface area contributed by atoms with Crippen LogP contribution in [-0.2, 0) is 0 Å². The van der Waals surface area contributed by atoms with Crippen LogP contribution in [0.25, 0.3) is 0 Å². The lowest BCUT2D eigenvalue weighted by Crippen LogP contribution is -2.21. The highest BCUT2D eigenvalue weighted by molar-refractivity contribution is 5.37. The molecule has 2 fully saturated rings. The summed E-state index contributed by atoms with van der Waals surface area (Å²) in [4.78, 5) is 0. The summed E-state index contributed by atoms with van der Waals surface area (Å²) in [5, 5.41) is 10.7. The molecule has 2 saturated carbocycles. The quantitative estimate of drug-likeness (QED) is 0.766. The zero-order chi connectivity index (χ0) is 11.2. The van der Waals surface area contributed by atoms with Gasteiger partial charge in [-0.1, -0.05) is 36.4 Å². The van der Waals surface area contributed by atoms with Crippen LogP contribution < -0.4 is 0 Å². The Hall–Kier alpha value is -1.08. The number of fused-ring (bicyclic) bond motifs is 1. The Morgan fingerprint density at radius 3 is 2.75 bits per heavy atom. The molecule has 0 amide bonds. The summed E-state index contributed by atoms with van der Waals surface area (Å²) >= 11 is 0. The molecule has 1 nitrogen and oxygen atoms in total. The van der Waals surface area contributed by atoms with Crippen LogP contribution in [-0.4, -0.2) is 10.7 Å². The van der Waals surface area contributed by atoms with Gasteiger partial charge in [-0.05, 0) is 36.7 Å². The first-order chi connectivity index (χ1) is 7.78. The molecule has 2 aliphatic rings. The molecule has 1 aromatic carbocycles. The lowest BCUT2D eigenvalue weighted by atomic mass is 9.91. The van der Waals surface area contributed by atoms with E-state index in [-0.39, 0.29) is 0 Å². The third-order valence-electron chi connectivity index (χ3n) is 4.48. The first-order valence-corrected chi connectivity index (χ1v) is 6.16. The van der Waals surface area contributed by atoms with Gasteiger partial charge in [-0.25, -0.2) is 0 Å². The first kappa shape index (κ1) is 10.1. The molecule has 1 heteroatoms. The van der Waals surface area contributed by atoms with Crippen molar-refractivity contribution in [2.45, 2.75) is 30.8 Å². The second kappa shape index (κ2) is 3.46. The van der Waals surface area contributed by atoms with E-state index in [1.54, 1.807) is 0 Å². The van der Waals surface area contributed by atoms with E-state index in [0.717, 1.165) is 12.8 Å². The third kappa shape index (κ3) is 1.21. The Labute approximate surface area is 96.8 Å². The van der Waals surface area contributed by atoms with E-state index in [1.165, 1.54) is 12.0 Å². The summed E-state index contributed by atoms with van der Waals surface area (Å²) in [7, 11) is 0. The molecule has 16 heavy (non-hydrogen) atoms. The Kier molecular flexibility index (Phi) is 2.18. The molecular formula is C15H18O. The van der Waals surface area contributed by atoms with Crippen LogP contribution in [0.4, 0.5) is 0 Å². The number of hydrogen-bond donors (Lipinski definition) is 1. The minimum Gasteiger partial charge on any atom is -0.389 e. The van der Waals surface area contributed by atoms with Gasteiger partial charge in [-0.2, -0.15) is 0 Å². The molecule has 0 radical (unpaired) electrons. The standard InChI is InChI=1S/C15H18O/c1-2-6-12-9-10-13-14(15(12,13)16)11-7-4-3-5-8-11/h2-5,7-8,12-14,16H,1,6,9-10H2/t12-,13+,14?,15-/m1/s1. The van der Waals surface area contributed by atoms with Crippen molar-refractivity contribution in [1.82, 2.24) is 0 Å². The van der Waals surface area contributed by atoms with Crippen LogP contribution in [0, 0.1) is 11.8 Å². The monoisotopic (exact) mass is 214 g/mol. The molecule has 0 spiro atoms. The van der Waals surface area contributed by atoms with E-state index < -0.39 is 5.60 Å². The Balaban J connectivity index is 1.85. The van der Waals surface area contributed by atoms with Gasteiger partial charge in [0.1, 0.15) is 0 Å². The number of aliphatic hydroxyl groups is 1. The average molecular weight is 214 g/mol. The van der Waals surface area contributed by atoms with Crippen LogP contribution in [0.2, 0.25) is 0 Å². The normalized spacial score (nSPS) is 40.4. The van der Waals surface area contributed by atoms with Crippen LogP contribution in [0.5, 0.6) is 0 Å². The van der Waals surface area contributed by atoms with E-state index in [4.69, 9.17) is 0 Å². The predicted octanol–water partition coefficient (Wildman–Crippen LogP) is 3.12. The van der Waals surface area contributed by atoms with Gasteiger partial charge in [-0.3, -0.25) is 0 Å². The summed E-state index contributed by atoms with van der Waals surface area (Å²) in [6.07, 6.45) is 5.24. The molecule has 1 N–H and O–H groups in total. The van der Waals surface area contributed by atoms with Gasteiger partial charge in [0.2, 0.25) is 0 Å². The lowest BCUT2D eigenvalue weighted by Gasteiger charge is -2.19. The minimum absolute atomic E-state index is 0.382. The highest BCUT2D eigenvalue weighted by Gasteiger charge is 2.70. The Morgan fingerprint density at radius 2 is 2.06 bits per heavy atom. The van der Waals surface area contributed by atoms with Crippen LogP contribution in [0.1, 0.15) is 30.7 Å². The van der Waals surface area contributed by atoms with Crippen molar-refractivity contribution >= 4 is 0 Å². The molecule has 1 aromatic rings. The van der Waals surface area contributed by atoms with Crippen LogP contribution >= 0.6 is 0 Å². The number of allylic oxidation sites excluding steroid dienone is 1. The van der Waals surface area contributed by atoms with Gasteiger partial charge in [-0.15, -0.1) is 6.58 Å². The number of hydrogen-bond acceptors (Lipinski definition) is 1. The summed E-state index contributed by atoms with van der Waals surface area (Å²) in [5.74, 6) is 1.31. The third-order valence-corrected chi connectivity index (χ3v) is 4.48. The zero-order valence-corrected chi connectivity index (χ0v) is 9.47. The average Bonchev–Trinajstić information content (AvgIpc) is 2.80. The van der Waals surface area contributed by atoms with Gasteiger partial charge in [0.05, 0.1) is 5.60 Å². The molecule has 0 aromatic heterocycles. The molecular weight excluding hydrogens is 196 g/mol. The van der Waals surface area contributed by atoms with Crippen molar-refractivity contribution in [3.8, 4) is 0 Å². The summed E-state index contributed by atoms with van der Waals surface area (Å²) in [5.41, 5.74) is 0.888. The maximum atomic E-state index is 10.7. The molecule has 1 unspecified atom stereocenters. The molecule has 3 rings (SSSR count). The van der Waals surface area contributed by atoms with E-state index in [2.05, 4.69) is 30.8 Å². The smallest absolute Gasteiger partial charge is 0.0785 e. The molecule has 2 aliphatic carbocycles. The molecule has 0 bridgehead atoms. The summed E-state index contributed by atoms with van der Waals surface area (Å²) in [6.45, 7) is 3.79. The highest BCUT2D eigenvalue weighted by Crippen LogP contribution is 2.69. The Morgan fingerprint density at radius 1 is 1.31 bits per heavy atom. The largest absolute Gasteiger partial charge is 0.389 e. The maximum Gasteiger partial charge on any atom is 0.0785 e. The van der Waals surface area contributed by atoms with E-state index in [9.17, 15) is 5.11 Å².